The van der Waals surface area contributed by atoms with Crippen LogP contribution in [0.25, 0.3) is 0 Å². The quantitative estimate of drug-likeness (QED) is 0.836. The number of aliphatic carboxylic acids is 1. The van der Waals surface area contributed by atoms with Crippen molar-refractivity contribution in [2.75, 3.05) is 19.4 Å². The fraction of sp³-hybridized carbons (Fsp3) is 0.308. The van der Waals surface area contributed by atoms with Crippen LogP contribution in [-0.4, -0.2) is 41.9 Å². The van der Waals surface area contributed by atoms with Crippen molar-refractivity contribution >= 4 is 23.5 Å². The molecule has 0 saturated carbocycles. The van der Waals surface area contributed by atoms with E-state index in [1.54, 1.807) is 38.4 Å². The number of carbonyl (C=O) groups excluding carboxylic acids is 2. The molecule has 1 aromatic rings. The fourth-order valence-electron chi connectivity index (χ4n) is 1.40. The van der Waals surface area contributed by atoms with Crippen LogP contribution in [0, 0.1) is 0 Å². The number of hydrogen-bond acceptors (Lipinski definition) is 3. The Hall–Kier alpha value is -2.37. The first-order valence-electron chi connectivity index (χ1n) is 5.73. The van der Waals surface area contributed by atoms with E-state index in [1.165, 1.54) is 4.90 Å². The number of hydrogen-bond donors (Lipinski definition) is 2. The molecule has 0 aliphatic heterocycles. The van der Waals surface area contributed by atoms with Crippen LogP contribution in [0.5, 0.6) is 0 Å². The van der Waals surface area contributed by atoms with E-state index in [2.05, 4.69) is 5.32 Å². The number of rotatable bonds is 5. The molecule has 2 N–H and O–H groups in total. The lowest BCUT2D eigenvalue weighted by Crippen LogP contribution is -2.21. The molecule has 0 fully saturated rings. The minimum absolute atomic E-state index is 0.0757. The summed E-state index contributed by atoms with van der Waals surface area (Å²) in [6.07, 6.45) is -0.281. The van der Waals surface area contributed by atoms with Gasteiger partial charge in [0.25, 0.3) is 5.91 Å². The zero-order valence-corrected chi connectivity index (χ0v) is 10.8. The zero-order chi connectivity index (χ0) is 14.4. The van der Waals surface area contributed by atoms with Crippen molar-refractivity contribution in [3.05, 3.63) is 29.8 Å². The zero-order valence-electron chi connectivity index (χ0n) is 10.8. The summed E-state index contributed by atoms with van der Waals surface area (Å²) in [5.74, 6) is -1.50. The summed E-state index contributed by atoms with van der Waals surface area (Å²) < 4.78 is 0. The van der Waals surface area contributed by atoms with Crippen LogP contribution in [0.3, 0.4) is 0 Å². The number of carbonyl (C=O) groups is 3. The highest BCUT2D eigenvalue weighted by atomic mass is 16.4. The lowest BCUT2D eigenvalue weighted by molar-refractivity contribution is -0.138. The van der Waals surface area contributed by atoms with Crippen molar-refractivity contribution in [3.8, 4) is 0 Å². The van der Waals surface area contributed by atoms with Gasteiger partial charge >= 0.3 is 5.97 Å². The maximum atomic E-state index is 11.6. The monoisotopic (exact) mass is 264 g/mol. The number of nitrogens with zero attached hydrogens (tertiary/aromatic N) is 1. The predicted octanol–water partition coefficient (Wildman–Crippen LogP) is 1.19. The minimum atomic E-state index is -1.01. The SMILES string of the molecule is CN(C)C(=O)c1ccc(NC(=O)CCC(=O)O)cc1. The number of amides is 2. The summed E-state index contributed by atoms with van der Waals surface area (Å²) in [7, 11) is 3.31. The van der Waals surface area contributed by atoms with Gasteiger partial charge in [-0.2, -0.15) is 0 Å². The topological polar surface area (TPSA) is 86.7 Å². The lowest BCUT2D eigenvalue weighted by Gasteiger charge is -2.10. The molecule has 0 saturated heterocycles. The summed E-state index contributed by atoms with van der Waals surface area (Å²) in [6.45, 7) is 0. The fourth-order valence-corrected chi connectivity index (χ4v) is 1.40. The summed E-state index contributed by atoms with van der Waals surface area (Å²) in [5.41, 5.74) is 1.05. The number of carboxylic acid groups (broad SMARTS) is 1. The number of anilines is 1. The third-order valence-corrected chi connectivity index (χ3v) is 2.39. The van der Waals surface area contributed by atoms with Gasteiger partial charge in [0.15, 0.2) is 0 Å². The Labute approximate surface area is 111 Å². The molecule has 0 unspecified atom stereocenters. The molecule has 1 rings (SSSR count). The van der Waals surface area contributed by atoms with E-state index in [1.807, 2.05) is 0 Å². The van der Waals surface area contributed by atoms with Crippen molar-refractivity contribution in [2.24, 2.45) is 0 Å². The van der Waals surface area contributed by atoms with E-state index >= 15 is 0 Å². The number of carboxylic acids is 1. The molecule has 0 atom stereocenters. The van der Waals surface area contributed by atoms with E-state index in [4.69, 9.17) is 5.11 Å². The second-order valence-corrected chi connectivity index (χ2v) is 4.22. The first-order valence-corrected chi connectivity index (χ1v) is 5.73. The maximum Gasteiger partial charge on any atom is 0.303 e. The van der Waals surface area contributed by atoms with E-state index < -0.39 is 5.97 Å². The Kier molecular flexibility index (Phi) is 5.05. The van der Waals surface area contributed by atoms with Gasteiger partial charge in [-0.25, -0.2) is 0 Å². The van der Waals surface area contributed by atoms with Crippen LogP contribution < -0.4 is 5.32 Å². The molecule has 6 heteroatoms. The normalized spacial score (nSPS) is 9.79. The Morgan fingerprint density at radius 3 is 2.16 bits per heavy atom. The van der Waals surface area contributed by atoms with Crippen LogP contribution in [0.1, 0.15) is 23.2 Å². The third-order valence-electron chi connectivity index (χ3n) is 2.39. The second kappa shape index (κ2) is 6.53. The lowest BCUT2D eigenvalue weighted by atomic mass is 10.2. The highest BCUT2D eigenvalue weighted by Gasteiger charge is 2.09. The van der Waals surface area contributed by atoms with Gasteiger partial charge in [-0.05, 0) is 24.3 Å². The number of benzene rings is 1. The predicted molar refractivity (Wildman–Crippen MR) is 70.0 cm³/mol. The summed E-state index contributed by atoms with van der Waals surface area (Å²) in [6, 6.07) is 6.43. The average Bonchev–Trinajstić information content (AvgIpc) is 2.36. The molecule has 0 spiro atoms. The molecule has 0 aromatic heterocycles. The molecule has 0 radical (unpaired) electrons. The van der Waals surface area contributed by atoms with E-state index in [0.717, 1.165) is 0 Å². The molecular formula is C13H16N2O4. The van der Waals surface area contributed by atoms with Gasteiger partial charge < -0.3 is 15.3 Å². The Morgan fingerprint density at radius 2 is 1.68 bits per heavy atom. The molecule has 0 bridgehead atoms. The van der Waals surface area contributed by atoms with Crippen LogP contribution in [-0.2, 0) is 9.59 Å². The average molecular weight is 264 g/mol. The Balaban J connectivity index is 2.59. The molecule has 2 amide bonds. The van der Waals surface area contributed by atoms with Crippen LogP contribution in [0.4, 0.5) is 5.69 Å². The summed E-state index contributed by atoms with van der Waals surface area (Å²) >= 11 is 0. The molecule has 0 aliphatic rings. The van der Waals surface area contributed by atoms with Gasteiger partial charge in [0.1, 0.15) is 0 Å². The molecule has 1 aromatic carbocycles. The Morgan fingerprint density at radius 1 is 1.11 bits per heavy atom. The standard InChI is InChI=1S/C13H16N2O4/c1-15(2)13(19)9-3-5-10(6-4-9)14-11(16)7-8-12(17)18/h3-6H,7-8H2,1-2H3,(H,14,16)(H,17,18). The highest BCUT2D eigenvalue weighted by molar-refractivity contribution is 5.96. The van der Waals surface area contributed by atoms with E-state index in [-0.39, 0.29) is 24.7 Å². The van der Waals surface area contributed by atoms with Gasteiger partial charge in [-0.15, -0.1) is 0 Å². The van der Waals surface area contributed by atoms with Crippen LogP contribution in [0.15, 0.2) is 24.3 Å². The maximum absolute atomic E-state index is 11.6. The highest BCUT2D eigenvalue weighted by Crippen LogP contribution is 2.11. The largest absolute Gasteiger partial charge is 0.481 e. The van der Waals surface area contributed by atoms with Crippen molar-refractivity contribution in [1.29, 1.82) is 0 Å². The summed E-state index contributed by atoms with van der Waals surface area (Å²) in [5, 5.41) is 11.0. The van der Waals surface area contributed by atoms with Gasteiger partial charge in [-0.3, -0.25) is 14.4 Å². The van der Waals surface area contributed by atoms with E-state index in [0.29, 0.717) is 11.3 Å². The first kappa shape index (κ1) is 14.7. The molecule has 0 heterocycles. The minimum Gasteiger partial charge on any atom is -0.481 e. The van der Waals surface area contributed by atoms with E-state index in [9.17, 15) is 14.4 Å². The van der Waals surface area contributed by atoms with Crippen molar-refractivity contribution in [2.45, 2.75) is 12.8 Å². The molecule has 102 valence electrons. The van der Waals surface area contributed by atoms with Crippen LogP contribution >= 0.6 is 0 Å². The van der Waals surface area contributed by atoms with Gasteiger partial charge in [0.05, 0.1) is 6.42 Å². The molecule has 0 aliphatic carbocycles. The molecular weight excluding hydrogens is 248 g/mol. The molecule has 19 heavy (non-hydrogen) atoms. The number of nitrogens with one attached hydrogen (secondary N) is 1. The summed E-state index contributed by atoms with van der Waals surface area (Å²) in [4.78, 5) is 34.8. The van der Waals surface area contributed by atoms with Gasteiger partial charge in [0, 0.05) is 31.8 Å². The Bertz CT molecular complexity index is 480. The second-order valence-electron chi connectivity index (χ2n) is 4.22. The first-order chi connectivity index (χ1) is 8.90. The van der Waals surface area contributed by atoms with Gasteiger partial charge in [0.2, 0.25) is 5.91 Å². The van der Waals surface area contributed by atoms with Crippen molar-refractivity contribution < 1.29 is 19.5 Å². The smallest absolute Gasteiger partial charge is 0.303 e. The van der Waals surface area contributed by atoms with Gasteiger partial charge in [-0.1, -0.05) is 0 Å². The van der Waals surface area contributed by atoms with Crippen molar-refractivity contribution in [1.82, 2.24) is 4.90 Å². The third kappa shape index (κ3) is 4.79. The van der Waals surface area contributed by atoms with Crippen molar-refractivity contribution in [3.63, 3.8) is 0 Å². The van der Waals surface area contributed by atoms with Crippen LogP contribution in [0.2, 0.25) is 0 Å². The molecule has 6 nitrogen and oxygen atoms in total.